The first kappa shape index (κ1) is 16.9. The molecule has 1 aliphatic carbocycles. The standard InChI is InChI=1S/C19H21N5OS/c25-18(23-17-10-11-21-24(17)15-8-4-5-9-15)13-26-19-20-12-16(22-19)14-6-2-1-3-7-14/h1-3,6-7,10-12,15H,4-5,8-9,13H2,(H,20,22)(H,23,25). The van der Waals surface area contributed by atoms with Crippen LogP contribution in [0.1, 0.15) is 31.7 Å². The molecule has 1 aromatic carbocycles. The van der Waals surface area contributed by atoms with Crippen LogP contribution in [0.5, 0.6) is 0 Å². The molecule has 0 spiro atoms. The van der Waals surface area contributed by atoms with Crippen LogP contribution < -0.4 is 5.32 Å². The van der Waals surface area contributed by atoms with Crippen molar-refractivity contribution in [3.05, 3.63) is 48.8 Å². The van der Waals surface area contributed by atoms with E-state index in [0.29, 0.717) is 11.8 Å². The minimum absolute atomic E-state index is 0.0487. The molecule has 0 radical (unpaired) electrons. The molecule has 0 bridgehead atoms. The minimum Gasteiger partial charge on any atom is -0.333 e. The van der Waals surface area contributed by atoms with Crippen LogP contribution in [0, 0.1) is 0 Å². The first-order valence-electron chi connectivity index (χ1n) is 8.86. The summed E-state index contributed by atoms with van der Waals surface area (Å²) in [6.45, 7) is 0. The summed E-state index contributed by atoms with van der Waals surface area (Å²) in [7, 11) is 0. The van der Waals surface area contributed by atoms with E-state index in [1.54, 1.807) is 12.4 Å². The van der Waals surface area contributed by atoms with E-state index in [1.165, 1.54) is 24.6 Å². The lowest BCUT2D eigenvalue weighted by Crippen LogP contribution is -2.19. The van der Waals surface area contributed by atoms with Crippen molar-refractivity contribution in [3.8, 4) is 11.3 Å². The van der Waals surface area contributed by atoms with E-state index in [1.807, 2.05) is 41.1 Å². The molecule has 6 nitrogen and oxygen atoms in total. The van der Waals surface area contributed by atoms with Gasteiger partial charge in [0.05, 0.1) is 29.9 Å². The number of hydrogen-bond acceptors (Lipinski definition) is 4. The van der Waals surface area contributed by atoms with Gasteiger partial charge in [-0.3, -0.25) is 4.79 Å². The molecule has 3 aromatic rings. The molecular weight excluding hydrogens is 346 g/mol. The minimum atomic E-state index is -0.0487. The second-order valence-corrected chi connectivity index (χ2v) is 7.37. The lowest BCUT2D eigenvalue weighted by Gasteiger charge is -2.14. The molecule has 2 aromatic heterocycles. The number of imidazole rings is 1. The second kappa shape index (κ2) is 7.78. The number of nitrogens with one attached hydrogen (secondary N) is 2. The van der Waals surface area contributed by atoms with E-state index in [4.69, 9.17) is 0 Å². The highest BCUT2D eigenvalue weighted by Gasteiger charge is 2.20. The summed E-state index contributed by atoms with van der Waals surface area (Å²) in [5.41, 5.74) is 2.03. The number of H-pyrrole nitrogens is 1. The van der Waals surface area contributed by atoms with Crippen LogP contribution in [0.2, 0.25) is 0 Å². The molecule has 2 heterocycles. The maximum atomic E-state index is 12.3. The van der Waals surface area contributed by atoms with Crippen molar-refractivity contribution < 1.29 is 4.79 Å². The van der Waals surface area contributed by atoms with Gasteiger partial charge in [0.2, 0.25) is 5.91 Å². The van der Waals surface area contributed by atoms with Crippen LogP contribution in [-0.4, -0.2) is 31.4 Å². The Morgan fingerprint density at radius 3 is 2.85 bits per heavy atom. The van der Waals surface area contributed by atoms with Crippen molar-refractivity contribution in [3.63, 3.8) is 0 Å². The maximum Gasteiger partial charge on any atom is 0.235 e. The van der Waals surface area contributed by atoms with Crippen LogP contribution in [0.3, 0.4) is 0 Å². The summed E-state index contributed by atoms with van der Waals surface area (Å²) in [4.78, 5) is 19.9. The highest BCUT2D eigenvalue weighted by atomic mass is 32.2. The van der Waals surface area contributed by atoms with Gasteiger partial charge in [-0.2, -0.15) is 5.10 Å². The number of aromatic amines is 1. The van der Waals surface area contributed by atoms with E-state index < -0.39 is 0 Å². The van der Waals surface area contributed by atoms with Gasteiger partial charge in [0.15, 0.2) is 5.16 Å². The summed E-state index contributed by atoms with van der Waals surface area (Å²) in [5.74, 6) is 1.04. The number of thioether (sulfide) groups is 1. The first-order valence-corrected chi connectivity index (χ1v) is 9.85. The molecule has 7 heteroatoms. The number of aromatic nitrogens is 4. The molecule has 4 rings (SSSR count). The number of carbonyl (C=O) groups excluding carboxylic acids is 1. The summed E-state index contributed by atoms with van der Waals surface area (Å²) in [5, 5.41) is 8.10. The van der Waals surface area contributed by atoms with Crippen LogP contribution in [0.15, 0.2) is 53.9 Å². The molecule has 1 fully saturated rings. The van der Waals surface area contributed by atoms with E-state index in [-0.39, 0.29) is 5.91 Å². The van der Waals surface area contributed by atoms with Gasteiger partial charge in [-0.1, -0.05) is 54.9 Å². The van der Waals surface area contributed by atoms with Gasteiger partial charge in [0.1, 0.15) is 5.82 Å². The van der Waals surface area contributed by atoms with Crippen molar-refractivity contribution >= 4 is 23.5 Å². The van der Waals surface area contributed by atoms with E-state index in [0.717, 1.165) is 35.1 Å². The van der Waals surface area contributed by atoms with Gasteiger partial charge < -0.3 is 10.3 Å². The summed E-state index contributed by atoms with van der Waals surface area (Å²) >= 11 is 1.40. The van der Waals surface area contributed by atoms with Crippen molar-refractivity contribution in [2.75, 3.05) is 11.1 Å². The Labute approximate surface area is 156 Å². The summed E-state index contributed by atoms with van der Waals surface area (Å²) in [6, 6.07) is 12.3. The molecule has 1 aliphatic rings. The molecule has 1 amide bonds. The van der Waals surface area contributed by atoms with Gasteiger partial charge >= 0.3 is 0 Å². The third-order valence-electron chi connectivity index (χ3n) is 4.59. The fourth-order valence-electron chi connectivity index (χ4n) is 3.31. The lowest BCUT2D eigenvalue weighted by atomic mass is 10.2. The predicted molar refractivity (Wildman–Crippen MR) is 103 cm³/mol. The topological polar surface area (TPSA) is 75.6 Å². The molecular formula is C19H21N5OS. The number of amides is 1. The zero-order chi connectivity index (χ0) is 17.8. The molecule has 1 saturated carbocycles. The number of hydrogen-bond donors (Lipinski definition) is 2. The van der Waals surface area contributed by atoms with Crippen molar-refractivity contribution in [1.29, 1.82) is 0 Å². The third-order valence-corrected chi connectivity index (χ3v) is 5.47. The molecule has 0 atom stereocenters. The number of nitrogens with zero attached hydrogens (tertiary/aromatic N) is 3. The Balaban J connectivity index is 1.34. The van der Waals surface area contributed by atoms with Crippen LogP contribution in [0.25, 0.3) is 11.3 Å². The van der Waals surface area contributed by atoms with Gasteiger partial charge in [0.25, 0.3) is 0 Å². The molecule has 0 saturated heterocycles. The van der Waals surface area contributed by atoms with Gasteiger partial charge in [-0.15, -0.1) is 0 Å². The molecule has 26 heavy (non-hydrogen) atoms. The smallest absolute Gasteiger partial charge is 0.235 e. The molecule has 2 N–H and O–H groups in total. The Morgan fingerprint density at radius 2 is 2.04 bits per heavy atom. The Hall–Kier alpha value is -2.54. The fourth-order valence-corrected chi connectivity index (χ4v) is 3.96. The van der Waals surface area contributed by atoms with Crippen molar-refractivity contribution in [2.45, 2.75) is 36.9 Å². The van der Waals surface area contributed by atoms with Crippen molar-refractivity contribution in [1.82, 2.24) is 19.7 Å². The fraction of sp³-hybridized carbons (Fsp3) is 0.316. The average molecular weight is 367 g/mol. The van der Waals surface area contributed by atoms with Gasteiger partial charge in [0, 0.05) is 6.07 Å². The van der Waals surface area contributed by atoms with Gasteiger partial charge in [-0.05, 0) is 18.4 Å². The molecule has 0 aliphatic heterocycles. The maximum absolute atomic E-state index is 12.3. The zero-order valence-corrected chi connectivity index (χ0v) is 15.2. The normalized spacial score (nSPS) is 14.6. The first-order chi connectivity index (χ1) is 12.8. The van der Waals surface area contributed by atoms with E-state index in [2.05, 4.69) is 20.4 Å². The van der Waals surface area contributed by atoms with E-state index in [9.17, 15) is 4.79 Å². The Kier molecular flexibility index (Phi) is 5.06. The zero-order valence-electron chi connectivity index (χ0n) is 14.4. The third kappa shape index (κ3) is 3.83. The quantitative estimate of drug-likeness (QED) is 0.643. The number of benzene rings is 1. The Bertz CT molecular complexity index is 867. The SMILES string of the molecule is O=C(CSc1ncc(-c2ccccc2)[nH]1)Nc1ccnn1C1CCCC1. The number of carbonyl (C=O) groups is 1. The highest BCUT2D eigenvalue weighted by molar-refractivity contribution is 7.99. The largest absolute Gasteiger partial charge is 0.333 e. The van der Waals surface area contributed by atoms with E-state index >= 15 is 0 Å². The Morgan fingerprint density at radius 1 is 1.23 bits per heavy atom. The average Bonchev–Trinajstić information content (AvgIpc) is 3.42. The second-order valence-electron chi connectivity index (χ2n) is 6.40. The van der Waals surface area contributed by atoms with Crippen LogP contribution in [0.4, 0.5) is 5.82 Å². The predicted octanol–water partition coefficient (Wildman–Crippen LogP) is 4.12. The monoisotopic (exact) mass is 367 g/mol. The summed E-state index contributed by atoms with van der Waals surface area (Å²) in [6.07, 6.45) is 8.28. The van der Waals surface area contributed by atoms with Crippen LogP contribution >= 0.6 is 11.8 Å². The number of anilines is 1. The van der Waals surface area contributed by atoms with Gasteiger partial charge in [-0.25, -0.2) is 9.67 Å². The van der Waals surface area contributed by atoms with Crippen LogP contribution in [-0.2, 0) is 4.79 Å². The highest BCUT2D eigenvalue weighted by Crippen LogP contribution is 2.31. The summed E-state index contributed by atoms with van der Waals surface area (Å²) < 4.78 is 1.95. The molecule has 134 valence electrons. The van der Waals surface area contributed by atoms with Crippen molar-refractivity contribution in [2.24, 2.45) is 0 Å². The lowest BCUT2D eigenvalue weighted by molar-refractivity contribution is -0.113. The number of rotatable bonds is 6. The molecule has 0 unspecified atom stereocenters.